The Hall–Kier alpha value is -1.12. The van der Waals surface area contributed by atoms with Crippen LogP contribution in [0.5, 0.6) is 0 Å². The molecular weight excluding hydrogens is 462 g/mol. The Morgan fingerprint density at radius 2 is 1.84 bits per heavy atom. The Kier molecular flexibility index (Phi) is 10.0. The molecule has 32 heavy (non-hydrogen) atoms. The van der Waals surface area contributed by atoms with Crippen molar-refractivity contribution in [1.82, 2.24) is 4.90 Å². The first-order chi connectivity index (χ1) is 14.7. The van der Waals surface area contributed by atoms with E-state index in [0.29, 0.717) is 29.5 Å². The third kappa shape index (κ3) is 6.48. The maximum atomic E-state index is 12.8. The summed E-state index contributed by atoms with van der Waals surface area (Å²) in [5, 5.41) is 15.3. The molecule has 1 heterocycles. The van der Waals surface area contributed by atoms with Gasteiger partial charge in [-0.15, -0.1) is 0 Å². The number of amides is 1. The minimum absolute atomic E-state index is 0. The zero-order valence-corrected chi connectivity index (χ0v) is 22.0. The average Bonchev–Trinajstić information content (AvgIpc) is 2.75. The van der Waals surface area contributed by atoms with Crippen molar-refractivity contribution < 1.29 is 49.0 Å². The molecule has 0 aliphatic carbocycles. The van der Waals surface area contributed by atoms with E-state index in [-0.39, 0.29) is 47.0 Å². The largest absolute Gasteiger partial charge is 1.00 e. The van der Waals surface area contributed by atoms with Gasteiger partial charge in [-0.25, -0.2) is 0 Å². The van der Waals surface area contributed by atoms with Gasteiger partial charge in [0.1, 0.15) is 0 Å². The molecule has 2 atom stereocenters. The molecule has 0 bridgehead atoms. The summed E-state index contributed by atoms with van der Waals surface area (Å²) in [5.41, 5.74) is 0.466. The summed E-state index contributed by atoms with van der Waals surface area (Å²) >= 11 is 12.0. The van der Waals surface area contributed by atoms with Crippen LogP contribution in [0, 0.1) is 0 Å². The molecule has 166 valence electrons. The number of nitrogens with one attached hydrogen (secondary N) is 1. The van der Waals surface area contributed by atoms with E-state index in [1.165, 1.54) is 19.1 Å². The van der Waals surface area contributed by atoms with Crippen LogP contribution in [0.1, 0.15) is 37.4 Å². The maximum absolute atomic E-state index is 12.8. The van der Waals surface area contributed by atoms with Crippen LogP contribution >= 0.6 is 23.2 Å². The third-order valence-corrected chi connectivity index (χ3v) is 6.51. The number of aliphatic carboxylic acids is 1. The minimum Gasteiger partial charge on any atom is -0.549 e. The topological polar surface area (TPSA) is 81.7 Å². The average molecular weight is 487 g/mol. The Labute approximate surface area is 220 Å². The van der Waals surface area contributed by atoms with Crippen molar-refractivity contribution in [3.63, 3.8) is 0 Å². The summed E-state index contributed by atoms with van der Waals surface area (Å²) in [6.07, 6.45) is -0.309. The summed E-state index contributed by atoms with van der Waals surface area (Å²) < 4.78 is 5.41. The molecule has 0 aromatic heterocycles. The number of carboxylic acid groups (broad SMARTS) is 1. The van der Waals surface area contributed by atoms with Crippen molar-refractivity contribution in [3.8, 4) is 0 Å². The number of carbonyl (C=O) groups excluding carboxylic acids is 2. The molecule has 1 saturated heterocycles. The van der Waals surface area contributed by atoms with E-state index in [1.54, 1.807) is 12.1 Å². The van der Waals surface area contributed by atoms with Crippen LogP contribution in [-0.4, -0.2) is 43.1 Å². The Bertz CT molecular complexity index is 969. The van der Waals surface area contributed by atoms with Gasteiger partial charge in [0.05, 0.1) is 29.2 Å². The Balaban J connectivity index is 0.00000363. The van der Waals surface area contributed by atoms with Gasteiger partial charge in [0.2, 0.25) is 5.91 Å². The van der Waals surface area contributed by atoms with E-state index < -0.39 is 17.3 Å². The van der Waals surface area contributed by atoms with Gasteiger partial charge in [-0.3, -0.25) is 9.69 Å². The van der Waals surface area contributed by atoms with E-state index in [2.05, 4.69) is 17.1 Å². The number of hydrogen-bond acceptors (Lipinski definition) is 5. The molecule has 0 saturated carbocycles. The number of ether oxygens (including phenoxy) is 1. The molecule has 6 nitrogen and oxygen atoms in total. The van der Waals surface area contributed by atoms with Crippen LogP contribution < -0.4 is 40.0 Å². The predicted octanol–water partition coefficient (Wildman–Crippen LogP) is 0.427. The van der Waals surface area contributed by atoms with Gasteiger partial charge in [0, 0.05) is 36.7 Å². The molecule has 1 amide bonds. The number of nitrogens with zero attached hydrogens (tertiary/aromatic N) is 1. The third-order valence-electron chi connectivity index (χ3n) is 5.77. The number of rotatable bonds is 7. The van der Waals surface area contributed by atoms with Gasteiger partial charge in [-0.2, -0.15) is 0 Å². The summed E-state index contributed by atoms with van der Waals surface area (Å²) in [4.78, 5) is 27.0. The quantitative estimate of drug-likeness (QED) is 0.573. The van der Waals surface area contributed by atoms with Crippen molar-refractivity contribution in [3.05, 3.63) is 63.6 Å². The zero-order chi connectivity index (χ0) is 22.6. The van der Waals surface area contributed by atoms with Crippen LogP contribution in [0.25, 0.3) is 0 Å². The van der Waals surface area contributed by atoms with Crippen LogP contribution in [0.15, 0.2) is 42.5 Å². The van der Waals surface area contributed by atoms with Crippen LogP contribution in [0.3, 0.4) is 0 Å². The molecule has 1 N–H and O–H groups in total. The van der Waals surface area contributed by atoms with Crippen molar-refractivity contribution in [2.45, 2.75) is 31.7 Å². The number of hydrogen-bond donors (Lipinski definition) is 1. The van der Waals surface area contributed by atoms with Crippen molar-refractivity contribution in [2.24, 2.45) is 0 Å². The standard InChI is InChI=1S/C23H26Cl2N2O4.Na/c1-15(27-8-10-31-11-9-27)16-4-3-5-18(12-16)26-21(28)14-23(2,22(29)30)17-6-7-19(24)20(25)13-17;/h3-7,12-13,15H,8-11,14H2,1-2H3,(H,26,28)(H,29,30);/q;+1/p-1. The normalized spacial score (nSPS) is 17.0. The Morgan fingerprint density at radius 1 is 1.16 bits per heavy atom. The van der Waals surface area contributed by atoms with Gasteiger partial charge in [0.15, 0.2) is 0 Å². The van der Waals surface area contributed by atoms with E-state index in [9.17, 15) is 14.7 Å². The van der Waals surface area contributed by atoms with E-state index in [4.69, 9.17) is 27.9 Å². The van der Waals surface area contributed by atoms with Gasteiger partial charge >= 0.3 is 29.6 Å². The van der Waals surface area contributed by atoms with Gasteiger partial charge in [-0.1, -0.05) is 41.4 Å². The first-order valence-corrected chi connectivity index (χ1v) is 10.8. The summed E-state index contributed by atoms with van der Waals surface area (Å²) in [7, 11) is 0. The second kappa shape index (κ2) is 11.8. The molecule has 2 aromatic carbocycles. The van der Waals surface area contributed by atoms with Crippen molar-refractivity contribution >= 4 is 40.8 Å². The van der Waals surface area contributed by atoms with Gasteiger partial charge in [-0.05, 0) is 49.2 Å². The summed E-state index contributed by atoms with van der Waals surface area (Å²) in [6.45, 7) is 6.67. The maximum Gasteiger partial charge on any atom is 1.00 e. The van der Waals surface area contributed by atoms with E-state index >= 15 is 0 Å². The Morgan fingerprint density at radius 3 is 2.47 bits per heavy atom. The first kappa shape index (κ1) is 27.1. The molecule has 2 aromatic rings. The molecule has 3 rings (SSSR count). The van der Waals surface area contributed by atoms with Crippen molar-refractivity contribution in [2.75, 3.05) is 31.6 Å². The molecule has 0 spiro atoms. The smallest absolute Gasteiger partial charge is 0.549 e. The van der Waals surface area contributed by atoms with Crippen LogP contribution in [-0.2, 0) is 19.7 Å². The molecular formula is C23H25Cl2N2NaO4. The molecule has 0 radical (unpaired) electrons. The monoisotopic (exact) mass is 486 g/mol. The molecule has 9 heteroatoms. The number of anilines is 1. The minimum atomic E-state index is -1.56. The number of carbonyl (C=O) groups is 2. The molecule has 1 fully saturated rings. The van der Waals surface area contributed by atoms with Gasteiger partial charge in [0.25, 0.3) is 0 Å². The molecule has 2 unspecified atom stereocenters. The number of carboxylic acids is 1. The number of benzene rings is 2. The van der Waals surface area contributed by atoms with E-state index in [1.807, 2.05) is 18.2 Å². The van der Waals surface area contributed by atoms with Gasteiger partial charge < -0.3 is 20.0 Å². The SMILES string of the molecule is CC(c1cccc(NC(=O)CC(C)(C(=O)[O-])c2ccc(Cl)c(Cl)c2)c1)N1CCOCC1.[Na+]. The van der Waals surface area contributed by atoms with Crippen LogP contribution in [0.4, 0.5) is 5.69 Å². The fourth-order valence-electron chi connectivity index (χ4n) is 3.71. The number of morpholine rings is 1. The predicted molar refractivity (Wildman–Crippen MR) is 119 cm³/mol. The van der Waals surface area contributed by atoms with Crippen LogP contribution in [0.2, 0.25) is 10.0 Å². The number of halogens is 2. The summed E-state index contributed by atoms with van der Waals surface area (Å²) in [5.74, 6) is -1.80. The second-order valence-corrected chi connectivity index (χ2v) is 8.74. The summed E-state index contributed by atoms with van der Waals surface area (Å²) in [6, 6.07) is 12.3. The van der Waals surface area contributed by atoms with Crippen molar-refractivity contribution in [1.29, 1.82) is 0 Å². The first-order valence-electron chi connectivity index (χ1n) is 10.1. The fourth-order valence-corrected chi connectivity index (χ4v) is 4.01. The molecule has 1 aliphatic heterocycles. The second-order valence-electron chi connectivity index (χ2n) is 7.92. The fraction of sp³-hybridized carbons (Fsp3) is 0.391. The van der Waals surface area contributed by atoms with E-state index in [0.717, 1.165) is 18.7 Å². The zero-order valence-electron chi connectivity index (χ0n) is 18.5. The molecule has 1 aliphatic rings.